The summed E-state index contributed by atoms with van der Waals surface area (Å²) >= 11 is 0. The Morgan fingerprint density at radius 1 is 1.25 bits per heavy atom. The molecule has 1 aliphatic carbocycles. The Morgan fingerprint density at radius 2 is 1.85 bits per heavy atom. The van der Waals surface area contributed by atoms with Gasteiger partial charge in [-0.1, -0.05) is 6.07 Å². The minimum atomic E-state index is -0.971. The average Bonchev–Trinajstić information content (AvgIpc) is 2.37. The number of likely N-dealkylation sites (N-methyl/N-ethyl adjacent to an activating group) is 1. The van der Waals surface area contributed by atoms with Gasteiger partial charge < -0.3 is 4.90 Å². The largest absolute Gasteiger partial charge is 0.331 e. The van der Waals surface area contributed by atoms with Crippen molar-refractivity contribution in [2.75, 3.05) is 7.05 Å². The van der Waals surface area contributed by atoms with E-state index >= 15 is 0 Å². The van der Waals surface area contributed by atoms with Crippen LogP contribution in [0.5, 0.6) is 0 Å². The molecule has 0 aliphatic heterocycles. The number of benzene rings is 1. The third-order valence-electron chi connectivity index (χ3n) is 3.40. The van der Waals surface area contributed by atoms with E-state index in [0.717, 1.165) is 23.1 Å². The molecule has 0 heterocycles. The van der Waals surface area contributed by atoms with Crippen molar-refractivity contribution in [3.05, 3.63) is 35.4 Å². The zero-order chi connectivity index (χ0) is 14.9. The number of Topliss-reactive ketones (excluding diaryl/α,β-unsaturated/α-hetero) is 2. The minimum absolute atomic E-state index is 0.177. The lowest BCUT2D eigenvalue weighted by atomic mass is 9.91. The van der Waals surface area contributed by atoms with Crippen LogP contribution in [0.4, 0.5) is 8.78 Å². The molecule has 2 rings (SSSR count). The molecular formula is C14H13F2NO3. The first-order chi connectivity index (χ1) is 9.41. The molecular weight excluding hydrogens is 268 g/mol. The summed E-state index contributed by atoms with van der Waals surface area (Å²) in [7, 11) is 1.31. The van der Waals surface area contributed by atoms with Gasteiger partial charge in [0.2, 0.25) is 0 Å². The Morgan fingerprint density at radius 3 is 2.40 bits per heavy atom. The maximum atomic E-state index is 13.6. The fraction of sp³-hybridized carbons (Fsp3) is 0.357. The van der Waals surface area contributed by atoms with Gasteiger partial charge in [-0.3, -0.25) is 14.4 Å². The molecule has 4 nitrogen and oxygen atoms in total. The number of ketones is 2. The molecule has 0 spiro atoms. The Hall–Kier alpha value is -2.11. The van der Waals surface area contributed by atoms with Gasteiger partial charge in [-0.15, -0.1) is 0 Å². The van der Waals surface area contributed by atoms with Crippen molar-refractivity contribution in [1.82, 2.24) is 4.90 Å². The molecule has 1 aliphatic rings. The van der Waals surface area contributed by atoms with Crippen molar-refractivity contribution >= 4 is 17.5 Å². The number of carbonyl (C=O) groups excluding carboxylic acids is 3. The van der Waals surface area contributed by atoms with Crippen LogP contribution in [-0.2, 0) is 9.59 Å². The minimum Gasteiger partial charge on any atom is -0.331 e. The Kier molecular flexibility index (Phi) is 3.92. The van der Waals surface area contributed by atoms with Crippen LogP contribution in [0.3, 0.4) is 0 Å². The van der Waals surface area contributed by atoms with Crippen LogP contribution in [0.15, 0.2) is 18.2 Å². The standard InChI is InChI=1S/C14H13F2NO3/c1-17(11-6-5-8(18)7-12(11)19)14(20)13-9(15)3-2-4-10(13)16/h2-4,11H,5-7H2,1H3. The van der Waals surface area contributed by atoms with E-state index in [0.29, 0.717) is 0 Å². The normalized spacial score (nSPS) is 19.1. The van der Waals surface area contributed by atoms with Gasteiger partial charge in [0.25, 0.3) is 5.91 Å². The fourth-order valence-electron chi connectivity index (χ4n) is 2.29. The maximum absolute atomic E-state index is 13.6. The lowest BCUT2D eigenvalue weighted by molar-refractivity contribution is -0.132. The molecule has 1 unspecified atom stereocenters. The molecule has 0 radical (unpaired) electrons. The quantitative estimate of drug-likeness (QED) is 0.776. The van der Waals surface area contributed by atoms with Gasteiger partial charge in [-0.2, -0.15) is 0 Å². The van der Waals surface area contributed by atoms with E-state index in [2.05, 4.69) is 0 Å². The SMILES string of the molecule is CN(C(=O)c1c(F)cccc1F)C1CCC(=O)CC1=O. The molecule has 0 aromatic heterocycles. The molecule has 0 bridgehead atoms. The summed E-state index contributed by atoms with van der Waals surface area (Å²) < 4.78 is 27.1. The summed E-state index contributed by atoms with van der Waals surface area (Å²) in [5.74, 6) is -3.41. The maximum Gasteiger partial charge on any atom is 0.260 e. The summed E-state index contributed by atoms with van der Waals surface area (Å²) in [6, 6.07) is 2.32. The van der Waals surface area contributed by atoms with E-state index in [1.165, 1.54) is 7.05 Å². The van der Waals surface area contributed by atoms with E-state index in [1.807, 2.05) is 0 Å². The van der Waals surface area contributed by atoms with Gasteiger partial charge in [0.15, 0.2) is 5.78 Å². The average molecular weight is 281 g/mol. The first-order valence-corrected chi connectivity index (χ1v) is 6.17. The molecule has 1 amide bonds. The topological polar surface area (TPSA) is 54.5 Å². The molecule has 20 heavy (non-hydrogen) atoms. The highest BCUT2D eigenvalue weighted by Gasteiger charge is 2.34. The lowest BCUT2D eigenvalue weighted by Crippen LogP contribution is -2.46. The molecule has 1 saturated carbocycles. The van der Waals surface area contributed by atoms with Gasteiger partial charge in [0.1, 0.15) is 23.0 Å². The van der Waals surface area contributed by atoms with Crippen molar-refractivity contribution in [1.29, 1.82) is 0 Å². The van der Waals surface area contributed by atoms with Gasteiger partial charge in [0.05, 0.1) is 12.5 Å². The first kappa shape index (κ1) is 14.3. The van der Waals surface area contributed by atoms with Gasteiger partial charge in [-0.25, -0.2) is 8.78 Å². The van der Waals surface area contributed by atoms with E-state index in [1.54, 1.807) is 0 Å². The van der Waals surface area contributed by atoms with Crippen molar-refractivity contribution < 1.29 is 23.2 Å². The van der Waals surface area contributed by atoms with Crippen molar-refractivity contribution in [2.24, 2.45) is 0 Å². The van der Waals surface area contributed by atoms with Crippen LogP contribution in [-0.4, -0.2) is 35.5 Å². The van der Waals surface area contributed by atoms with Crippen LogP contribution in [0, 0.1) is 11.6 Å². The second kappa shape index (κ2) is 5.48. The highest BCUT2D eigenvalue weighted by atomic mass is 19.1. The molecule has 1 aromatic carbocycles. The molecule has 1 fully saturated rings. The predicted octanol–water partition coefficient (Wildman–Crippen LogP) is 1.73. The molecule has 0 saturated heterocycles. The zero-order valence-corrected chi connectivity index (χ0v) is 10.9. The van der Waals surface area contributed by atoms with E-state index in [-0.39, 0.29) is 25.0 Å². The third kappa shape index (κ3) is 2.59. The Bertz CT molecular complexity index is 566. The van der Waals surface area contributed by atoms with Crippen LogP contribution in [0.25, 0.3) is 0 Å². The first-order valence-electron chi connectivity index (χ1n) is 6.17. The number of halogens is 2. The number of hydrogen-bond acceptors (Lipinski definition) is 3. The smallest absolute Gasteiger partial charge is 0.260 e. The van der Waals surface area contributed by atoms with E-state index < -0.39 is 34.9 Å². The number of nitrogens with zero attached hydrogens (tertiary/aromatic N) is 1. The third-order valence-corrected chi connectivity index (χ3v) is 3.40. The summed E-state index contributed by atoms with van der Waals surface area (Å²) in [6.45, 7) is 0. The molecule has 106 valence electrons. The van der Waals surface area contributed by atoms with Crippen molar-refractivity contribution in [3.8, 4) is 0 Å². The van der Waals surface area contributed by atoms with Gasteiger partial charge in [0, 0.05) is 13.5 Å². The van der Waals surface area contributed by atoms with Crippen LogP contribution in [0.2, 0.25) is 0 Å². The zero-order valence-electron chi connectivity index (χ0n) is 10.9. The van der Waals surface area contributed by atoms with E-state index in [9.17, 15) is 23.2 Å². The highest BCUT2D eigenvalue weighted by molar-refractivity contribution is 6.06. The van der Waals surface area contributed by atoms with Crippen LogP contribution < -0.4 is 0 Å². The Balaban J connectivity index is 2.25. The predicted molar refractivity (Wildman–Crippen MR) is 66.1 cm³/mol. The van der Waals surface area contributed by atoms with Crippen LogP contribution in [0.1, 0.15) is 29.6 Å². The highest BCUT2D eigenvalue weighted by Crippen LogP contribution is 2.21. The fourth-order valence-corrected chi connectivity index (χ4v) is 2.29. The monoisotopic (exact) mass is 281 g/mol. The second-order valence-electron chi connectivity index (χ2n) is 4.75. The van der Waals surface area contributed by atoms with Crippen LogP contribution >= 0.6 is 0 Å². The van der Waals surface area contributed by atoms with Gasteiger partial charge >= 0.3 is 0 Å². The molecule has 6 heteroatoms. The number of hydrogen-bond donors (Lipinski definition) is 0. The number of amides is 1. The summed E-state index contributed by atoms with van der Waals surface area (Å²) in [5, 5.41) is 0. The van der Waals surface area contributed by atoms with E-state index in [4.69, 9.17) is 0 Å². The van der Waals surface area contributed by atoms with Crippen molar-refractivity contribution in [2.45, 2.75) is 25.3 Å². The molecule has 1 aromatic rings. The summed E-state index contributed by atoms with van der Waals surface area (Å²) in [5.41, 5.74) is -0.681. The van der Waals surface area contributed by atoms with Crippen molar-refractivity contribution in [3.63, 3.8) is 0 Å². The Labute approximate surface area is 114 Å². The molecule has 0 N–H and O–H groups in total. The summed E-state index contributed by atoms with van der Waals surface area (Å²) in [6.07, 6.45) is 0.145. The number of carbonyl (C=O) groups is 3. The second-order valence-corrected chi connectivity index (χ2v) is 4.75. The molecule has 1 atom stereocenters. The lowest BCUT2D eigenvalue weighted by Gasteiger charge is -2.29. The van der Waals surface area contributed by atoms with Gasteiger partial charge in [-0.05, 0) is 18.6 Å². The number of rotatable bonds is 2. The summed E-state index contributed by atoms with van der Waals surface area (Å²) in [4.78, 5) is 36.0.